The molecule has 1 aromatic carbocycles. The summed E-state index contributed by atoms with van der Waals surface area (Å²) in [6.07, 6.45) is 1.95. The van der Waals surface area contributed by atoms with E-state index in [0.717, 1.165) is 6.42 Å². The minimum Gasteiger partial charge on any atom is -0.490 e. The third-order valence-corrected chi connectivity index (χ3v) is 3.61. The molecule has 0 aromatic heterocycles. The van der Waals surface area contributed by atoms with Crippen LogP contribution in [0.2, 0.25) is 0 Å². The molecular weight excluding hydrogens is 272 g/mol. The van der Waals surface area contributed by atoms with Gasteiger partial charge in [0.25, 0.3) is 5.91 Å². The molecule has 0 bridgehead atoms. The van der Waals surface area contributed by atoms with Crippen LogP contribution in [0.5, 0.6) is 11.5 Å². The van der Waals surface area contributed by atoms with E-state index in [1.165, 1.54) is 0 Å². The number of fused-ring (bicyclic) bond motifs is 1. The molecule has 0 aliphatic carbocycles. The van der Waals surface area contributed by atoms with E-state index in [9.17, 15) is 9.59 Å². The Labute approximate surface area is 122 Å². The van der Waals surface area contributed by atoms with E-state index in [2.05, 4.69) is 10.6 Å². The fourth-order valence-corrected chi connectivity index (χ4v) is 2.43. The summed E-state index contributed by atoms with van der Waals surface area (Å²) in [5, 5.41) is 5.68. The van der Waals surface area contributed by atoms with Gasteiger partial charge in [0.15, 0.2) is 11.5 Å². The standard InChI is InChI=1S/C15H18N2O4/c18-14-5-3-11(9-16-14)17-15(19)10-2-4-12-13(8-10)21-7-1-6-20-12/h2,4,8,11H,1,3,5-7,9H2,(H,16,18)(H,17,19). The number of hydrogen-bond acceptors (Lipinski definition) is 4. The van der Waals surface area contributed by atoms with E-state index in [1.54, 1.807) is 18.2 Å². The minimum atomic E-state index is -0.160. The summed E-state index contributed by atoms with van der Waals surface area (Å²) >= 11 is 0. The Bertz CT molecular complexity index is 549. The van der Waals surface area contributed by atoms with Gasteiger partial charge >= 0.3 is 0 Å². The molecule has 6 heteroatoms. The average molecular weight is 290 g/mol. The molecule has 1 saturated heterocycles. The van der Waals surface area contributed by atoms with Crippen molar-refractivity contribution in [1.29, 1.82) is 0 Å². The Morgan fingerprint density at radius 2 is 2.05 bits per heavy atom. The zero-order valence-electron chi connectivity index (χ0n) is 11.7. The number of ether oxygens (including phenoxy) is 2. The molecule has 2 aliphatic rings. The van der Waals surface area contributed by atoms with Crippen molar-refractivity contribution in [3.8, 4) is 11.5 Å². The van der Waals surface area contributed by atoms with Crippen molar-refractivity contribution in [3.63, 3.8) is 0 Å². The molecule has 0 spiro atoms. The first kappa shape index (κ1) is 13.7. The summed E-state index contributed by atoms with van der Waals surface area (Å²) in [4.78, 5) is 23.3. The van der Waals surface area contributed by atoms with Crippen molar-refractivity contribution in [3.05, 3.63) is 23.8 Å². The molecule has 2 heterocycles. The van der Waals surface area contributed by atoms with E-state index >= 15 is 0 Å². The first-order valence-electron chi connectivity index (χ1n) is 7.19. The Hall–Kier alpha value is -2.24. The van der Waals surface area contributed by atoms with Crippen molar-refractivity contribution in [1.82, 2.24) is 10.6 Å². The van der Waals surface area contributed by atoms with E-state index in [0.29, 0.717) is 49.7 Å². The van der Waals surface area contributed by atoms with Crippen LogP contribution in [0.15, 0.2) is 18.2 Å². The van der Waals surface area contributed by atoms with Crippen molar-refractivity contribution in [2.45, 2.75) is 25.3 Å². The third-order valence-electron chi connectivity index (χ3n) is 3.61. The van der Waals surface area contributed by atoms with Gasteiger partial charge in [-0.3, -0.25) is 9.59 Å². The van der Waals surface area contributed by atoms with E-state index < -0.39 is 0 Å². The van der Waals surface area contributed by atoms with Gasteiger partial charge in [0.1, 0.15) is 0 Å². The van der Waals surface area contributed by atoms with Gasteiger partial charge in [-0.2, -0.15) is 0 Å². The van der Waals surface area contributed by atoms with Gasteiger partial charge in [-0.25, -0.2) is 0 Å². The number of carbonyl (C=O) groups is 2. The zero-order chi connectivity index (χ0) is 14.7. The highest BCUT2D eigenvalue weighted by atomic mass is 16.5. The maximum absolute atomic E-state index is 12.2. The van der Waals surface area contributed by atoms with Gasteiger partial charge in [0.2, 0.25) is 5.91 Å². The van der Waals surface area contributed by atoms with Crippen LogP contribution in [0, 0.1) is 0 Å². The molecule has 3 rings (SSSR count). The van der Waals surface area contributed by atoms with Crippen molar-refractivity contribution in [2.24, 2.45) is 0 Å². The Morgan fingerprint density at radius 1 is 1.24 bits per heavy atom. The van der Waals surface area contributed by atoms with Crippen LogP contribution in [-0.4, -0.2) is 37.6 Å². The lowest BCUT2D eigenvalue weighted by atomic mass is 10.1. The Kier molecular flexibility index (Phi) is 3.94. The highest BCUT2D eigenvalue weighted by Crippen LogP contribution is 2.30. The molecule has 1 aromatic rings. The van der Waals surface area contributed by atoms with Crippen LogP contribution in [-0.2, 0) is 4.79 Å². The molecule has 0 saturated carbocycles. The van der Waals surface area contributed by atoms with Crippen LogP contribution in [0.3, 0.4) is 0 Å². The van der Waals surface area contributed by atoms with Gasteiger partial charge in [0, 0.05) is 31.0 Å². The lowest BCUT2D eigenvalue weighted by molar-refractivity contribution is -0.122. The lowest BCUT2D eigenvalue weighted by Gasteiger charge is -2.23. The van der Waals surface area contributed by atoms with Gasteiger partial charge < -0.3 is 20.1 Å². The monoisotopic (exact) mass is 290 g/mol. The predicted octanol–water partition coefficient (Wildman–Crippen LogP) is 0.856. The average Bonchev–Trinajstić information content (AvgIpc) is 2.74. The second kappa shape index (κ2) is 6.03. The van der Waals surface area contributed by atoms with E-state index in [-0.39, 0.29) is 17.9 Å². The van der Waals surface area contributed by atoms with Gasteiger partial charge in [-0.05, 0) is 24.6 Å². The molecule has 6 nitrogen and oxygen atoms in total. The summed E-state index contributed by atoms with van der Waals surface area (Å²) < 4.78 is 11.1. The molecule has 1 fully saturated rings. The van der Waals surface area contributed by atoms with E-state index in [4.69, 9.17) is 9.47 Å². The summed E-state index contributed by atoms with van der Waals surface area (Å²) in [6, 6.07) is 5.17. The number of carbonyl (C=O) groups excluding carboxylic acids is 2. The molecule has 112 valence electrons. The third kappa shape index (κ3) is 3.26. The molecule has 2 N–H and O–H groups in total. The van der Waals surface area contributed by atoms with Crippen molar-refractivity contribution < 1.29 is 19.1 Å². The number of amides is 2. The smallest absolute Gasteiger partial charge is 0.251 e. The minimum absolute atomic E-state index is 0.0221. The van der Waals surface area contributed by atoms with Gasteiger partial charge in [0.05, 0.1) is 13.2 Å². The highest BCUT2D eigenvalue weighted by Gasteiger charge is 2.21. The number of hydrogen-bond donors (Lipinski definition) is 2. The highest BCUT2D eigenvalue weighted by molar-refractivity contribution is 5.95. The molecular formula is C15H18N2O4. The fourth-order valence-electron chi connectivity index (χ4n) is 2.43. The molecule has 1 unspecified atom stereocenters. The van der Waals surface area contributed by atoms with Crippen LogP contribution in [0.1, 0.15) is 29.6 Å². The SMILES string of the molecule is O=C1CCC(NC(=O)c2ccc3c(c2)OCCCO3)CN1. The predicted molar refractivity (Wildman–Crippen MR) is 75.5 cm³/mol. The Balaban J connectivity index is 1.67. The quantitative estimate of drug-likeness (QED) is 0.847. The topological polar surface area (TPSA) is 76.7 Å². The largest absolute Gasteiger partial charge is 0.490 e. The number of benzene rings is 1. The van der Waals surface area contributed by atoms with E-state index in [1.807, 2.05) is 0 Å². The Morgan fingerprint density at radius 3 is 2.81 bits per heavy atom. The van der Waals surface area contributed by atoms with Crippen LogP contribution in [0.25, 0.3) is 0 Å². The van der Waals surface area contributed by atoms with Crippen LogP contribution >= 0.6 is 0 Å². The van der Waals surface area contributed by atoms with Gasteiger partial charge in [-0.15, -0.1) is 0 Å². The first-order valence-corrected chi connectivity index (χ1v) is 7.19. The summed E-state index contributed by atoms with van der Waals surface area (Å²) in [7, 11) is 0. The molecule has 21 heavy (non-hydrogen) atoms. The molecule has 2 aliphatic heterocycles. The second-order valence-corrected chi connectivity index (χ2v) is 5.23. The number of nitrogens with one attached hydrogen (secondary N) is 2. The van der Waals surface area contributed by atoms with Crippen molar-refractivity contribution in [2.75, 3.05) is 19.8 Å². The summed E-state index contributed by atoms with van der Waals surface area (Å²) in [5.41, 5.74) is 0.538. The maximum Gasteiger partial charge on any atom is 0.251 e. The molecule has 2 amide bonds. The summed E-state index contributed by atoms with van der Waals surface area (Å²) in [6.45, 7) is 1.70. The number of piperidine rings is 1. The molecule has 0 radical (unpaired) electrons. The normalized spacial score (nSPS) is 21.1. The van der Waals surface area contributed by atoms with Crippen LogP contribution < -0.4 is 20.1 Å². The second-order valence-electron chi connectivity index (χ2n) is 5.23. The first-order chi connectivity index (χ1) is 10.2. The zero-order valence-corrected chi connectivity index (χ0v) is 11.7. The number of rotatable bonds is 2. The van der Waals surface area contributed by atoms with Gasteiger partial charge in [-0.1, -0.05) is 0 Å². The fraction of sp³-hybridized carbons (Fsp3) is 0.467. The lowest BCUT2D eigenvalue weighted by Crippen LogP contribution is -2.47. The summed E-state index contributed by atoms with van der Waals surface area (Å²) in [5.74, 6) is 1.16. The van der Waals surface area contributed by atoms with Crippen molar-refractivity contribution >= 4 is 11.8 Å². The van der Waals surface area contributed by atoms with Crippen LogP contribution in [0.4, 0.5) is 0 Å². The molecule has 1 atom stereocenters. The maximum atomic E-state index is 12.2.